The van der Waals surface area contributed by atoms with E-state index in [1.165, 1.54) is 0 Å². The number of carbonyl (C=O) groups is 1. The molecule has 0 saturated carbocycles. The highest BCUT2D eigenvalue weighted by molar-refractivity contribution is 5.72. The van der Waals surface area contributed by atoms with Gasteiger partial charge in [0.25, 0.3) is 0 Å². The number of nitrogens with two attached hydrogens (primary N) is 1. The molecular weight excluding hydrogens is 128 g/mol. The number of rotatable bonds is 0. The van der Waals surface area contributed by atoms with Crippen molar-refractivity contribution in [1.29, 1.82) is 0 Å². The molecule has 3 nitrogen and oxygen atoms in total. The van der Waals surface area contributed by atoms with E-state index in [-0.39, 0.29) is 6.03 Å². The fourth-order valence-electron chi connectivity index (χ4n) is 1.31. The summed E-state index contributed by atoms with van der Waals surface area (Å²) in [6.45, 7) is 5.95. The Hall–Kier alpha value is -0.730. The van der Waals surface area contributed by atoms with Crippen molar-refractivity contribution in [3.8, 4) is 0 Å². The Morgan fingerprint density at radius 2 is 1.80 bits per heavy atom. The fraction of sp³-hybridized carbons (Fsp3) is 0.857. The lowest BCUT2D eigenvalue weighted by Gasteiger charge is -2.10. The molecule has 0 aromatic carbocycles. The number of primary amides is 1. The van der Waals surface area contributed by atoms with E-state index in [1.54, 1.807) is 4.90 Å². The van der Waals surface area contributed by atoms with Gasteiger partial charge in [0, 0.05) is 13.1 Å². The van der Waals surface area contributed by atoms with Crippen LogP contribution in [0.1, 0.15) is 13.8 Å². The van der Waals surface area contributed by atoms with Gasteiger partial charge in [-0.25, -0.2) is 4.79 Å². The minimum absolute atomic E-state index is 0.281. The van der Waals surface area contributed by atoms with Crippen LogP contribution in [0.5, 0.6) is 0 Å². The third-order valence-corrected chi connectivity index (χ3v) is 2.30. The summed E-state index contributed by atoms with van der Waals surface area (Å²) >= 11 is 0. The number of hydrogen-bond donors (Lipinski definition) is 1. The van der Waals surface area contributed by atoms with Crippen LogP contribution in [0.3, 0.4) is 0 Å². The molecule has 1 heterocycles. The molecular formula is C7H14N2O. The van der Waals surface area contributed by atoms with Crippen LogP contribution in [0.4, 0.5) is 4.79 Å². The van der Waals surface area contributed by atoms with Crippen LogP contribution in [0, 0.1) is 11.8 Å². The van der Waals surface area contributed by atoms with Crippen molar-refractivity contribution in [2.45, 2.75) is 13.8 Å². The summed E-state index contributed by atoms with van der Waals surface area (Å²) < 4.78 is 0. The molecule has 1 aliphatic heterocycles. The molecule has 2 unspecified atom stereocenters. The average molecular weight is 142 g/mol. The lowest BCUT2D eigenvalue weighted by molar-refractivity contribution is 0.216. The zero-order chi connectivity index (χ0) is 7.72. The largest absolute Gasteiger partial charge is 0.351 e. The van der Waals surface area contributed by atoms with Crippen LogP contribution in [0.25, 0.3) is 0 Å². The molecule has 2 atom stereocenters. The maximum atomic E-state index is 10.6. The number of hydrogen-bond acceptors (Lipinski definition) is 1. The molecule has 0 spiro atoms. The Morgan fingerprint density at radius 1 is 1.40 bits per heavy atom. The van der Waals surface area contributed by atoms with E-state index in [0.717, 1.165) is 13.1 Å². The lowest BCUT2D eigenvalue weighted by atomic mass is 10.0. The summed E-state index contributed by atoms with van der Waals surface area (Å²) in [5, 5.41) is 0. The van der Waals surface area contributed by atoms with Gasteiger partial charge in [-0.05, 0) is 11.8 Å². The SMILES string of the molecule is CC1CN(C(N)=O)CC1C. The Balaban J connectivity index is 2.49. The monoisotopic (exact) mass is 142 g/mol. The van der Waals surface area contributed by atoms with E-state index < -0.39 is 0 Å². The van der Waals surface area contributed by atoms with Crippen LogP contribution in [-0.4, -0.2) is 24.0 Å². The number of amides is 2. The standard InChI is InChI=1S/C7H14N2O/c1-5-3-9(7(8)10)4-6(5)2/h5-6H,3-4H2,1-2H3,(H2,8,10). The Labute approximate surface area is 61.2 Å². The van der Waals surface area contributed by atoms with Crippen LogP contribution in [0.15, 0.2) is 0 Å². The number of urea groups is 1. The molecule has 10 heavy (non-hydrogen) atoms. The molecule has 0 aliphatic carbocycles. The predicted octanol–water partition coefficient (Wildman–Crippen LogP) is 0.653. The van der Waals surface area contributed by atoms with E-state index in [0.29, 0.717) is 11.8 Å². The first-order valence-electron chi connectivity index (χ1n) is 3.65. The molecule has 1 rings (SSSR count). The zero-order valence-corrected chi connectivity index (χ0v) is 6.50. The van der Waals surface area contributed by atoms with Crippen molar-refractivity contribution in [2.24, 2.45) is 17.6 Å². The fourth-order valence-corrected chi connectivity index (χ4v) is 1.31. The van der Waals surface area contributed by atoms with E-state index in [2.05, 4.69) is 13.8 Å². The van der Waals surface area contributed by atoms with E-state index in [9.17, 15) is 4.79 Å². The van der Waals surface area contributed by atoms with Crippen molar-refractivity contribution in [3.05, 3.63) is 0 Å². The maximum Gasteiger partial charge on any atom is 0.314 e. The highest BCUT2D eigenvalue weighted by atomic mass is 16.2. The van der Waals surface area contributed by atoms with Crippen molar-refractivity contribution in [1.82, 2.24) is 4.90 Å². The van der Waals surface area contributed by atoms with Crippen LogP contribution in [0.2, 0.25) is 0 Å². The van der Waals surface area contributed by atoms with Gasteiger partial charge >= 0.3 is 6.03 Å². The van der Waals surface area contributed by atoms with Gasteiger partial charge in [-0.2, -0.15) is 0 Å². The Kier molecular flexibility index (Phi) is 1.83. The molecule has 3 heteroatoms. The zero-order valence-electron chi connectivity index (χ0n) is 6.50. The van der Waals surface area contributed by atoms with Gasteiger partial charge < -0.3 is 10.6 Å². The summed E-state index contributed by atoms with van der Waals surface area (Å²) in [5.74, 6) is 1.21. The molecule has 0 radical (unpaired) electrons. The van der Waals surface area contributed by atoms with E-state index in [1.807, 2.05) is 0 Å². The van der Waals surface area contributed by atoms with Crippen LogP contribution < -0.4 is 5.73 Å². The second-order valence-electron chi connectivity index (χ2n) is 3.20. The van der Waals surface area contributed by atoms with Crippen molar-refractivity contribution in [3.63, 3.8) is 0 Å². The average Bonchev–Trinajstić information content (AvgIpc) is 2.13. The Bertz CT molecular complexity index is 137. The molecule has 0 bridgehead atoms. The third-order valence-electron chi connectivity index (χ3n) is 2.30. The van der Waals surface area contributed by atoms with Gasteiger partial charge in [0.15, 0.2) is 0 Å². The topological polar surface area (TPSA) is 46.3 Å². The minimum atomic E-state index is -0.281. The highest BCUT2D eigenvalue weighted by Crippen LogP contribution is 2.21. The summed E-state index contributed by atoms with van der Waals surface area (Å²) in [7, 11) is 0. The predicted molar refractivity (Wildman–Crippen MR) is 39.5 cm³/mol. The normalized spacial score (nSPS) is 32.8. The maximum absolute atomic E-state index is 10.6. The molecule has 2 amide bonds. The summed E-state index contributed by atoms with van der Waals surface area (Å²) in [6.07, 6.45) is 0. The van der Waals surface area contributed by atoms with Gasteiger partial charge in [0.2, 0.25) is 0 Å². The minimum Gasteiger partial charge on any atom is -0.351 e. The molecule has 0 aromatic heterocycles. The molecule has 1 saturated heterocycles. The van der Waals surface area contributed by atoms with Crippen molar-refractivity contribution in [2.75, 3.05) is 13.1 Å². The van der Waals surface area contributed by atoms with Gasteiger partial charge in [-0.3, -0.25) is 0 Å². The lowest BCUT2D eigenvalue weighted by Crippen LogP contribution is -2.33. The van der Waals surface area contributed by atoms with Gasteiger partial charge in [0.05, 0.1) is 0 Å². The molecule has 1 aliphatic rings. The van der Waals surface area contributed by atoms with Gasteiger partial charge in [-0.15, -0.1) is 0 Å². The summed E-state index contributed by atoms with van der Waals surface area (Å²) in [5.41, 5.74) is 5.11. The van der Waals surface area contributed by atoms with Gasteiger partial charge in [0.1, 0.15) is 0 Å². The third kappa shape index (κ3) is 1.23. The summed E-state index contributed by atoms with van der Waals surface area (Å²) in [6, 6.07) is -0.281. The van der Waals surface area contributed by atoms with Crippen molar-refractivity contribution < 1.29 is 4.79 Å². The van der Waals surface area contributed by atoms with Crippen molar-refractivity contribution >= 4 is 6.03 Å². The van der Waals surface area contributed by atoms with Gasteiger partial charge in [-0.1, -0.05) is 13.8 Å². The van der Waals surface area contributed by atoms with E-state index >= 15 is 0 Å². The number of likely N-dealkylation sites (tertiary alicyclic amines) is 1. The first kappa shape index (κ1) is 7.38. The smallest absolute Gasteiger partial charge is 0.314 e. The van der Waals surface area contributed by atoms with Crippen LogP contribution >= 0.6 is 0 Å². The number of carbonyl (C=O) groups excluding carboxylic acids is 1. The Morgan fingerprint density at radius 3 is 2.00 bits per heavy atom. The molecule has 58 valence electrons. The molecule has 0 aromatic rings. The second kappa shape index (κ2) is 2.48. The quantitative estimate of drug-likeness (QED) is 0.530. The first-order chi connectivity index (χ1) is 4.61. The van der Waals surface area contributed by atoms with E-state index in [4.69, 9.17) is 5.73 Å². The molecule has 2 N–H and O–H groups in total. The second-order valence-corrected chi connectivity index (χ2v) is 3.20. The molecule has 1 fully saturated rings. The summed E-state index contributed by atoms with van der Waals surface area (Å²) in [4.78, 5) is 12.3. The number of nitrogens with zero attached hydrogens (tertiary/aromatic N) is 1. The van der Waals surface area contributed by atoms with Crippen LogP contribution in [-0.2, 0) is 0 Å². The first-order valence-corrected chi connectivity index (χ1v) is 3.65. The highest BCUT2D eigenvalue weighted by Gasteiger charge is 2.27.